The zero-order valence-corrected chi connectivity index (χ0v) is 12.7. The summed E-state index contributed by atoms with van der Waals surface area (Å²) in [6.07, 6.45) is 0. The number of nitrogens with one attached hydrogen (secondary N) is 1. The number of aromatic carboxylic acids is 1. The van der Waals surface area contributed by atoms with Gasteiger partial charge in [-0.2, -0.15) is 0 Å². The zero-order chi connectivity index (χ0) is 15.3. The molecule has 5 heteroatoms. The SMILES string of the molecule is CC1(C)C(C(=O)Nc2cc(Cl)cc(C(=O)O)c2)C1(C)C. The number of carbonyl (C=O) groups excluding carboxylic acids is 1. The fraction of sp³-hybridized carbons (Fsp3) is 0.467. The van der Waals surface area contributed by atoms with Crippen LogP contribution in [-0.4, -0.2) is 17.0 Å². The van der Waals surface area contributed by atoms with Gasteiger partial charge in [0, 0.05) is 16.6 Å². The Morgan fingerprint density at radius 3 is 2.15 bits per heavy atom. The number of benzene rings is 1. The molecule has 0 aromatic heterocycles. The van der Waals surface area contributed by atoms with E-state index in [9.17, 15) is 9.59 Å². The lowest BCUT2D eigenvalue weighted by Gasteiger charge is -2.08. The van der Waals surface area contributed by atoms with Crippen molar-refractivity contribution in [1.29, 1.82) is 0 Å². The maximum Gasteiger partial charge on any atom is 0.335 e. The van der Waals surface area contributed by atoms with Crippen LogP contribution in [0.15, 0.2) is 18.2 Å². The monoisotopic (exact) mass is 295 g/mol. The van der Waals surface area contributed by atoms with Crippen molar-refractivity contribution in [3.63, 3.8) is 0 Å². The molecule has 1 aromatic carbocycles. The Hall–Kier alpha value is -1.55. The Morgan fingerprint density at radius 2 is 1.70 bits per heavy atom. The molecule has 0 unspecified atom stereocenters. The number of rotatable bonds is 3. The minimum Gasteiger partial charge on any atom is -0.478 e. The van der Waals surface area contributed by atoms with E-state index in [2.05, 4.69) is 33.0 Å². The van der Waals surface area contributed by atoms with E-state index in [1.807, 2.05) is 0 Å². The molecule has 1 aliphatic rings. The van der Waals surface area contributed by atoms with Gasteiger partial charge in [0.25, 0.3) is 0 Å². The molecular formula is C15H18ClNO3. The van der Waals surface area contributed by atoms with Crippen LogP contribution in [0, 0.1) is 16.7 Å². The molecule has 108 valence electrons. The molecule has 0 atom stereocenters. The van der Waals surface area contributed by atoms with Crippen LogP contribution in [0.25, 0.3) is 0 Å². The maximum atomic E-state index is 12.3. The molecule has 1 saturated carbocycles. The van der Waals surface area contributed by atoms with Crippen molar-refractivity contribution in [2.24, 2.45) is 16.7 Å². The first-order chi connectivity index (χ1) is 9.07. The normalized spacial score (nSPS) is 19.4. The van der Waals surface area contributed by atoms with Crippen LogP contribution in [-0.2, 0) is 4.79 Å². The van der Waals surface area contributed by atoms with E-state index in [0.29, 0.717) is 5.69 Å². The summed E-state index contributed by atoms with van der Waals surface area (Å²) in [7, 11) is 0. The predicted octanol–water partition coefficient (Wildman–Crippen LogP) is 3.66. The van der Waals surface area contributed by atoms with Crippen molar-refractivity contribution in [2.75, 3.05) is 5.32 Å². The number of carboxylic acid groups (broad SMARTS) is 1. The summed E-state index contributed by atoms with van der Waals surface area (Å²) < 4.78 is 0. The van der Waals surface area contributed by atoms with Gasteiger partial charge < -0.3 is 10.4 Å². The van der Waals surface area contributed by atoms with Crippen molar-refractivity contribution < 1.29 is 14.7 Å². The Balaban J connectivity index is 2.20. The first-order valence-electron chi connectivity index (χ1n) is 6.42. The topological polar surface area (TPSA) is 66.4 Å². The van der Waals surface area contributed by atoms with Crippen LogP contribution in [0.2, 0.25) is 5.02 Å². The predicted molar refractivity (Wildman–Crippen MR) is 78.1 cm³/mol. The highest BCUT2D eigenvalue weighted by Gasteiger charge is 2.68. The summed E-state index contributed by atoms with van der Waals surface area (Å²) in [6, 6.07) is 4.31. The smallest absolute Gasteiger partial charge is 0.335 e. The third-order valence-corrected chi connectivity index (χ3v) is 4.91. The maximum absolute atomic E-state index is 12.3. The van der Waals surface area contributed by atoms with E-state index in [4.69, 9.17) is 16.7 Å². The van der Waals surface area contributed by atoms with Gasteiger partial charge in [-0.15, -0.1) is 0 Å². The van der Waals surface area contributed by atoms with Crippen LogP contribution >= 0.6 is 11.6 Å². The lowest BCUT2D eigenvalue weighted by atomic mass is 10.0. The summed E-state index contributed by atoms with van der Waals surface area (Å²) in [5, 5.41) is 12.0. The molecule has 0 spiro atoms. The minimum atomic E-state index is -1.07. The molecule has 1 fully saturated rings. The summed E-state index contributed by atoms with van der Waals surface area (Å²) in [5.74, 6) is -1.27. The molecule has 0 radical (unpaired) electrons. The Labute approximate surface area is 123 Å². The van der Waals surface area contributed by atoms with E-state index in [1.54, 1.807) is 6.07 Å². The van der Waals surface area contributed by atoms with Crippen molar-refractivity contribution in [2.45, 2.75) is 27.7 Å². The van der Waals surface area contributed by atoms with Gasteiger partial charge in [0.1, 0.15) is 0 Å². The molecular weight excluding hydrogens is 278 g/mol. The second kappa shape index (κ2) is 4.48. The van der Waals surface area contributed by atoms with Gasteiger partial charge in [-0.1, -0.05) is 39.3 Å². The van der Waals surface area contributed by atoms with Crippen molar-refractivity contribution in [1.82, 2.24) is 0 Å². The van der Waals surface area contributed by atoms with Crippen molar-refractivity contribution >= 4 is 29.2 Å². The first kappa shape index (κ1) is 14.9. The Morgan fingerprint density at radius 1 is 1.15 bits per heavy atom. The van der Waals surface area contributed by atoms with Gasteiger partial charge in [0.05, 0.1) is 5.56 Å². The number of amides is 1. The second-order valence-electron chi connectivity index (χ2n) is 6.40. The molecule has 2 N–H and O–H groups in total. The van der Waals surface area contributed by atoms with Crippen LogP contribution in [0.5, 0.6) is 0 Å². The lowest BCUT2D eigenvalue weighted by molar-refractivity contribution is -0.118. The number of hydrogen-bond acceptors (Lipinski definition) is 2. The summed E-state index contributed by atoms with van der Waals surface area (Å²) >= 11 is 5.87. The highest BCUT2D eigenvalue weighted by atomic mass is 35.5. The molecule has 1 aliphatic carbocycles. The van der Waals surface area contributed by atoms with Crippen LogP contribution in [0.3, 0.4) is 0 Å². The minimum absolute atomic E-state index is 0.0575. The van der Waals surface area contributed by atoms with Crippen LogP contribution < -0.4 is 5.32 Å². The molecule has 4 nitrogen and oxygen atoms in total. The van der Waals surface area contributed by atoms with Gasteiger partial charge in [0.2, 0.25) is 5.91 Å². The van der Waals surface area contributed by atoms with Gasteiger partial charge in [0.15, 0.2) is 0 Å². The van der Waals surface area contributed by atoms with E-state index in [0.717, 1.165) is 0 Å². The molecule has 0 saturated heterocycles. The van der Waals surface area contributed by atoms with Gasteiger partial charge >= 0.3 is 5.97 Å². The quantitative estimate of drug-likeness (QED) is 0.894. The molecule has 0 aliphatic heterocycles. The van der Waals surface area contributed by atoms with E-state index in [-0.39, 0.29) is 33.2 Å². The number of carboxylic acids is 1. The fourth-order valence-electron chi connectivity index (χ4n) is 2.85. The van der Waals surface area contributed by atoms with E-state index in [1.165, 1.54) is 12.1 Å². The van der Waals surface area contributed by atoms with E-state index >= 15 is 0 Å². The average Bonchev–Trinajstić information content (AvgIpc) is 2.67. The Kier molecular flexibility index (Phi) is 3.33. The highest BCUT2D eigenvalue weighted by molar-refractivity contribution is 6.31. The van der Waals surface area contributed by atoms with Crippen LogP contribution in [0.4, 0.5) is 5.69 Å². The first-order valence-corrected chi connectivity index (χ1v) is 6.80. The molecule has 2 rings (SSSR count). The second-order valence-corrected chi connectivity index (χ2v) is 6.84. The molecule has 20 heavy (non-hydrogen) atoms. The number of carbonyl (C=O) groups is 2. The Bertz CT molecular complexity index is 579. The summed E-state index contributed by atoms with van der Waals surface area (Å²) in [6.45, 7) is 8.21. The zero-order valence-electron chi connectivity index (χ0n) is 12.0. The van der Waals surface area contributed by atoms with Gasteiger partial charge in [-0.05, 0) is 29.0 Å². The standard InChI is InChI=1S/C15H18ClNO3/c1-14(2)11(15(14,3)4)12(18)17-10-6-8(13(19)20)5-9(16)7-10/h5-7,11H,1-4H3,(H,17,18)(H,19,20). The van der Waals surface area contributed by atoms with E-state index < -0.39 is 5.97 Å². The number of hydrogen-bond donors (Lipinski definition) is 2. The number of anilines is 1. The molecule has 1 aromatic rings. The number of halogens is 1. The summed E-state index contributed by atoms with van der Waals surface area (Å²) in [4.78, 5) is 23.3. The summed E-state index contributed by atoms with van der Waals surface area (Å²) in [5.41, 5.74) is 0.344. The highest BCUT2D eigenvalue weighted by Crippen LogP contribution is 2.68. The molecule has 1 amide bonds. The molecule has 0 heterocycles. The molecule has 0 bridgehead atoms. The van der Waals surface area contributed by atoms with Crippen molar-refractivity contribution in [3.05, 3.63) is 28.8 Å². The van der Waals surface area contributed by atoms with Crippen LogP contribution in [0.1, 0.15) is 38.1 Å². The third kappa shape index (κ3) is 2.29. The third-order valence-electron chi connectivity index (χ3n) is 4.70. The van der Waals surface area contributed by atoms with Crippen molar-refractivity contribution in [3.8, 4) is 0 Å². The lowest BCUT2D eigenvalue weighted by Crippen LogP contribution is -2.18. The largest absolute Gasteiger partial charge is 0.478 e. The van der Waals surface area contributed by atoms with Gasteiger partial charge in [-0.25, -0.2) is 4.79 Å². The van der Waals surface area contributed by atoms with Gasteiger partial charge in [-0.3, -0.25) is 4.79 Å². The fourth-order valence-corrected chi connectivity index (χ4v) is 3.09. The average molecular weight is 296 g/mol.